The lowest BCUT2D eigenvalue weighted by Crippen LogP contribution is -2.24. The molecule has 0 aromatic heterocycles. The van der Waals surface area contributed by atoms with Crippen LogP contribution < -0.4 is 16.0 Å². The molecule has 4 nitrogen and oxygen atoms in total. The van der Waals surface area contributed by atoms with Crippen LogP contribution in [-0.4, -0.2) is 19.6 Å². The maximum absolute atomic E-state index is 11.2. The highest BCUT2D eigenvalue weighted by Gasteiger charge is 2.05. The average molecular weight is 221 g/mol. The van der Waals surface area contributed by atoms with Crippen molar-refractivity contribution in [2.24, 2.45) is 0 Å². The zero-order chi connectivity index (χ0) is 12.0. The Morgan fingerprint density at radius 1 is 1.44 bits per heavy atom. The van der Waals surface area contributed by atoms with Crippen molar-refractivity contribution in [1.82, 2.24) is 10.6 Å². The van der Waals surface area contributed by atoms with Gasteiger partial charge in [-0.1, -0.05) is 19.1 Å². The SMILES string of the molecule is CCNC(C)c1cccc(NC(=O)NC)c1. The number of hydrogen-bond donors (Lipinski definition) is 3. The summed E-state index contributed by atoms with van der Waals surface area (Å²) in [5.74, 6) is 0. The maximum atomic E-state index is 11.2. The minimum atomic E-state index is -0.201. The van der Waals surface area contributed by atoms with Gasteiger partial charge < -0.3 is 16.0 Å². The fraction of sp³-hybridized carbons (Fsp3) is 0.417. The van der Waals surface area contributed by atoms with Crippen molar-refractivity contribution in [3.8, 4) is 0 Å². The normalized spacial score (nSPS) is 11.9. The van der Waals surface area contributed by atoms with Crippen LogP contribution in [0.4, 0.5) is 10.5 Å². The first-order valence-corrected chi connectivity index (χ1v) is 5.49. The monoisotopic (exact) mass is 221 g/mol. The van der Waals surface area contributed by atoms with E-state index in [2.05, 4.69) is 29.8 Å². The first kappa shape index (κ1) is 12.5. The second-order valence-corrected chi connectivity index (χ2v) is 3.61. The first-order chi connectivity index (χ1) is 7.67. The summed E-state index contributed by atoms with van der Waals surface area (Å²) in [5.41, 5.74) is 1.97. The van der Waals surface area contributed by atoms with Crippen LogP contribution in [0.2, 0.25) is 0 Å². The standard InChI is InChI=1S/C12H19N3O/c1-4-14-9(2)10-6-5-7-11(8-10)15-12(16)13-3/h5-9,14H,4H2,1-3H3,(H2,13,15,16). The lowest BCUT2D eigenvalue weighted by Gasteiger charge is -2.14. The minimum Gasteiger partial charge on any atom is -0.341 e. The Morgan fingerprint density at radius 2 is 2.19 bits per heavy atom. The number of anilines is 1. The van der Waals surface area contributed by atoms with E-state index in [-0.39, 0.29) is 12.1 Å². The van der Waals surface area contributed by atoms with E-state index < -0.39 is 0 Å². The van der Waals surface area contributed by atoms with Crippen molar-refractivity contribution >= 4 is 11.7 Å². The first-order valence-electron chi connectivity index (χ1n) is 5.49. The third-order valence-electron chi connectivity index (χ3n) is 2.38. The van der Waals surface area contributed by atoms with Crippen molar-refractivity contribution in [3.63, 3.8) is 0 Å². The molecule has 16 heavy (non-hydrogen) atoms. The number of amides is 2. The van der Waals surface area contributed by atoms with Crippen LogP contribution in [0, 0.1) is 0 Å². The molecule has 0 spiro atoms. The van der Waals surface area contributed by atoms with Crippen LogP contribution in [0.1, 0.15) is 25.5 Å². The Kier molecular flexibility index (Phi) is 4.79. The van der Waals surface area contributed by atoms with Crippen LogP contribution in [0.5, 0.6) is 0 Å². The third kappa shape index (κ3) is 3.55. The van der Waals surface area contributed by atoms with E-state index in [1.807, 2.05) is 24.3 Å². The number of rotatable bonds is 4. The third-order valence-corrected chi connectivity index (χ3v) is 2.38. The second-order valence-electron chi connectivity index (χ2n) is 3.61. The molecule has 1 unspecified atom stereocenters. The summed E-state index contributed by atoms with van der Waals surface area (Å²) in [5, 5.41) is 8.60. The van der Waals surface area contributed by atoms with Gasteiger partial charge in [0.1, 0.15) is 0 Å². The molecule has 1 atom stereocenters. The summed E-state index contributed by atoms with van der Waals surface area (Å²) in [6.45, 7) is 5.10. The van der Waals surface area contributed by atoms with Gasteiger partial charge in [0.05, 0.1) is 0 Å². The van der Waals surface area contributed by atoms with Crippen LogP contribution in [-0.2, 0) is 0 Å². The Hall–Kier alpha value is -1.55. The van der Waals surface area contributed by atoms with Crippen molar-refractivity contribution in [3.05, 3.63) is 29.8 Å². The number of hydrogen-bond acceptors (Lipinski definition) is 2. The van der Waals surface area contributed by atoms with Crippen molar-refractivity contribution < 1.29 is 4.79 Å². The molecular weight excluding hydrogens is 202 g/mol. The predicted octanol–water partition coefficient (Wildman–Crippen LogP) is 2.11. The molecule has 0 aliphatic rings. The van der Waals surface area contributed by atoms with Gasteiger partial charge in [-0.25, -0.2) is 4.79 Å². The van der Waals surface area contributed by atoms with Gasteiger partial charge in [0.25, 0.3) is 0 Å². The molecule has 0 heterocycles. The molecule has 1 rings (SSSR count). The number of carbonyl (C=O) groups excluding carboxylic acids is 1. The molecular formula is C12H19N3O. The van der Waals surface area contributed by atoms with E-state index in [9.17, 15) is 4.79 Å². The summed E-state index contributed by atoms with van der Waals surface area (Å²) in [6, 6.07) is 7.92. The lowest BCUT2D eigenvalue weighted by molar-refractivity contribution is 0.254. The van der Waals surface area contributed by atoms with Crippen LogP contribution >= 0.6 is 0 Å². The molecule has 2 amide bonds. The van der Waals surface area contributed by atoms with Gasteiger partial charge in [-0.15, -0.1) is 0 Å². The largest absolute Gasteiger partial charge is 0.341 e. The van der Waals surface area contributed by atoms with E-state index in [0.717, 1.165) is 17.8 Å². The fourth-order valence-electron chi connectivity index (χ4n) is 1.50. The van der Waals surface area contributed by atoms with Gasteiger partial charge in [-0.05, 0) is 31.2 Å². The predicted molar refractivity (Wildman–Crippen MR) is 66.6 cm³/mol. The van der Waals surface area contributed by atoms with E-state index in [4.69, 9.17) is 0 Å². The molecule has 1 aromatic carbocycles. The van der Waals surface area contributed by atoms with E-state index >= 15 is 0 Å². The molecule has 3 N–H and O–H groups in total. The van der Waals surface area contributed by atoms with Gasteiger partial charge in [0, 0.05) is 18.8 Å². The number of nitrogens with one attached hydrogen (secondary N) is 3. The second kappa shape index (κ2) is 6.12. The average Bonchev–Trinajstić information content (AvgIpc) is 2.29. The summed E-state index contributed by atoms with van der Waals surface area (Å²) < 4.78 is 0. The zero-order valence-electron chi connectivity index (χ0n) is 10.0. The quantitative estimate of drug-likeness (QED) is 0.729. The van der Waals surface area contributed by atoms with Gasteiger partial charge in [0.2, 0.25) is 0 Å². The molecule has 0 saturated heterocycles. The van der Waals surface area contributed by atoms with Gasteiger partial charge in [-0.2, -0.15) is 0 Å². The van der Waals surface area contributed by atoms with Crippen LogP contribution in [0.25, 0.3) is 0 Å². The number of urea groups is 1. The van der Waals surface area contributed by atoms with Crippen molar-refractivity contribution in [1.29, 1.82) is 0 Å². The Labute approximate surface area is 96.4 Å². The van der Waals surface area contributed by atoms with Gasteiger partial charge >= 0.3 is 6.03 Å². The van der Waals surface area contributed by atoms with Crippen molar-refractivity contribution in [2.45, 2.75) is 19.9 Å². The molecule has 4 heteroatoms. The summed E-state index contributed by atoms with van der Waals surface area (Å²) >= 11 is 0. The molecule has 0 aliphatic carbocycles. The van der Waals surface area contributed by atoms with Gasteiger partial charge in [-0.3, -0.25) is 0 Å². The molecule has 1 aromatic rings. The molecule has 0 saturated carbocycles. The topological polar surface area (TPSA) is 53.2 Å². The molecule has 0 aliphatic heterocycles. The zero-order valence-corrected chi connectivity index (χ0v) is 10.0. The summed E-state index contributed by atoms with van der Waals surface area (Å²) in [4.78, 5) is 11.2. The number of benzene rings is 1. The maximum Gasteiger partial charge on any atom is 0.318 e. The van der Waals surface area contributed by atoms with Crippen LogP contribution in [0.3, 0.4) is 0 Å². The van der Waals surface area contributed by atoms with E-state index in [1.54, 1.807) is 7.05 Å². The molecule has 0 fully saturated rings. The fourth-order valence-corrected chi connectivity index (χ4v) is 1.50. The molecule has 88 valence electrons. The lowest BCUT2D eigenvalue weighted by atomic mass is 10.1. The van der Waals surface area contributed by atoms with E-state index in [0.29, 0.717) is 0 Å². The summed E-state index contributed by atoms with van der Waals surface area (Å²) in [7, 11) is 1.60. The molecule has 0 bridgehead atoms. The summed E-state index contributed by atoms with van der Waals surface area (Å²) in [6.07, 6.45) is 0. The van der Waals surface area contributed by atoms with Crippen molar-refractivity contribution in [2.75, 3.05) is 18.9 Å². The number of carbonyl (C=O) groups is 1. The minimum absolute atomic E-state index is 0.201. The highest BCUT2D eigenvalue weighted by atomic mass is 16.2. The highest BCUT2D eigenvalue weighted by Crippen LogP contribution is 2.17. The smallest absolute Gasteiger partial charge is 0.318 e. The Balaban J connectivity index is 2.74. The Morgan fingerprint density at radius 3 is 2.81 bits per heavy atom. The van der Waals surface area contributed by atoms with E-state index in [1.165, 1.54) is 0 Å². The van der Waals surface area contributed by atoms with Gasteiger partial charge in [0.15, 0.2) is 0 Å². The molecule has 0 radical (unpaired) electrons. The van der Waals surface area contributed by atoms with Crippen LogP contribution in [0.15, 0.2) is 24.3 Å². The Bertz CT molecular complexity index is 352. The highest BCUT2D eigenvalue weighted by molar-refractivity contribution is 5.89.